The highest BCUT2D eigenvalue weighted by Gasteiger charge is 2.18. The Bertz CT molecular complexity index is 970. The molecular weight excluding hydrogens is 370 g/mol. The summed E-state index contributed by atoms with van der Waals surface area (Å²) in [5, 5.41) is 6.63. The van der Waals surface area contributed by atoms with Gasteiger partial charge in [0.25, 0.3) is 5.91 Å². The molecule has 26 heavy (non-hydrogen) atoms. The molecule has 3 aromatic rings. The fraction of sp³-hybridized carbons (Fsp3) is 0.105. The lowest BCUT2D eigenvalue weighted by Gasteiger charge is -2.09. The largest absolute Gasteiger partial charge is 0.325 e. The minimum atomic E-state index is -0.252. The van der Waals surface area contributed by atoms with E-state index in [1.807, 2.05) is 37.3 Å². The van der Waals surface area contributed by atoms with Crippen LogP contribution in [0, 0.1) is 6.92 Å². The molecule has 0 aliphatic carbocycles. The van der Waals surface area contributed by atoms with Gasteiger partial charge in [0, 0.05) is 18.2 Å². The zero-order valence-corrected chi connectivity index (χ0v) is 15.7. The number of aromatic nitrogens is 1. The molecular formula is C19H16ClN3O2S. The third-order valence-corrected chi connectivity index (χ3v) is 4.81. The number of nitrogens with one attached hydrogen (secondary N) is 2. The molecule has 132 valence electrons. The maximum absolute atomic E-state index is 12.7. The van der Waals surface area contributed by atoms with Crippen molar-refractivity contribution in [3.05, 3.63) is 63.4 Å². The van der Waals surface area contributed by atoms with Crippen LogP contribution in [0.2, 0.25) is 5.02 Å². The van der Waals surface area contributed by atoms with E-state index in [1.54, 1.807) is 18.2 Å². The number of amides is 2. The lowest BCUT2D eigenvalue weighted by Crippen LogP contribution is -2.12. The molecule has 0 spiro atoms. The molecule has 7 heteroatoms. The number of aryl methyl sites for hydroxylation is 1. The smallest absolute Gasteiger partial charge is 0.268 e. The predicted molar refractivity (Wildman–Crippen MR) is 106 cm³/mol. The van der Waals surface area contributed by atoms with Crippen molar-refractivity contribution in [2.75, 3.05) is 10.6 Å². The molecule has 1 heterocycles. The highest BCUT2D eigenvalue weighted by molar-refractivity contribution is 7.14. The summed E-state index contributed by atoms with van der Waals surface area (Å²) in [6, 6.07) is 14.5. The lowest BCUT2D eigenvalue weighted by molar-refractivity contribution is -0.114. The van der Waals surface area contributed by atoms with Gasteiger partial charge < -0.3 is 10.6 Å². The van der Waals surface area contributed by atoms with E-state index in [2.05, 4.69) is 15.6 Å². The first kappa shape index (κ1) is 18.1. The molecule has 2 N–H and O–H groups in total. The van der Waals surface area contributed by atoms with Gasteiger partial charge in [-0.05, 0) is 25.1 Å². The molecule has 0 bridgehead atoms. The van der Waals surface area contributed by atoms with Crippen LogP contribution in [0.15, 0.2) is 48.5 Å². The standard InChI is InChI=1S/C19H16ClN3O2S/c1-11(24)21-16-9-8-14(10-15(16)20)23-19(25)18-17(22-12(2)26-18)13-6-4-3-5-7-13/h3-10H,1-2H3,(H,21,24)(H,23,25). The molecule has 0 atom stereocenters. The van der Waals surface area contributed by atoms with Gasteiger partial charge in [0.15, 0.2) is 0 Å². The van der Waals surface area contributed by atoms with E-state index in [1.165, 1.54) is 18.3 Å². The number of hydrogen-bond acceptors (Lipinski definition) is 4. The molecule has 0 saturated carbocycles. The van der Waals surface area contributed by atoms with E-state index >= 15 is 0 Å². The molecule has 2 aromatic carbocycles. The molecule has 0 saturated heterocycles. The Morgan fingerprint density at radius 1 is 1.08 bits per heavy atom. The molecule has 5 nitrogen and oxygen atoms in total. The van der Waals surface area contributed by atoms with Crippen molar-refractivity contribution >= 4 is 46.1 Å². The van der Waals surface area contributed by atoms with Crippen molar-refractivity contribution in [1.29, 1.82) is 0 Å². The number of benzene rings is 2. The highest BCUT2D eigenvalue weighted by Crippen LogP contribution is 2.30. The predicted octanol–water partition coefficient (Wildman–Crippen LogP) is 4.98. The molecule has 1 aromatic heterocycles. The third kappa shape index (κ3) is 4.09. The third-order valence-electron chi connectivity index (χ3n) is 3.53. The second-order valence-electron chi connectivity index (χ2n) is 5.61. The van der Waals surface area contributed by atoms with Gasteiger partial charge >= 0.3 is 0 Å². The highest BCUT2D eigenvalue weighted by atomic mass is 35.5. The first-order valence-corrected chi connectivity index (χ1v) is 9.05. The van der Waals surface area contributed by atoms with E-state index in [-0.39, 0.29) is 11.8 Å². The van der Waals surface area contributed by atoms with Crippen molar-refractivity contribution in [2.24, 2.45) is 0 Å². The summed E-state index contributed by atoms with van der Waals surface area (Å²) in [7, 11) is 0. The first-order valence-electron chi connectivity index (χ1n) is 7.85. The Morgan fingerprint density at radius 3 is 2.46 bits per heavy atom. The van der Waals surface area contributed by atoms with Crippen LogP contribution < -0.4 is 10.6 Å². The minimum Gasteiger partial charge on any atom is -0.325 e. The number of anilines is 2. The molecule has 0 radical (unpaired) electrons. The number of thiazole rings is 1. The van der Waals surface area contributed by atoms with Crippen LogP contribution in [0.5, 0.6) is 0 Å². The molecule has 0 fully saturated rings. The normalized spacial score (nSPS) is 10.4. The van der Waals surface area contributed by atoms with Gasteiger partial charge in [-0.15, -0.1) is 11.3 Å². The number of halogens is 1. The minimum absolute atomic E-state index is 0.212. The Kier molecular flexibility index (Phi) is 5.35. The quantitative estimate of drug-likeness (QED) is 0.665. The topological polar surface area (TPSA) is 71.1 Å². The molecule has 0 aliphatic heterocycles. The maximum atomic E-state index is 12.7. The van der Waals surface area contributed by atoms with Crippen molar-refractivity contribution < 1.29 is 9.59 Å². The summed E-state index contributed by atoms with van der Waals surface area (Å²) in [5.74, 6) is -0.464. The monoisotopic (exact) mass is 385 g/mol. The van der Waals surface area contributed by atoms with Gasteiger partial charge in [0.1, 0.15) is 4.88 Å². The Hall–Kier alpha value is -2.70. The van der Waals surface area contributed by atoms with Gasteiger partial charge in [0.05, 0.1) is 21.4 Å². The van der Waals surface area contributed by atoms with Crippen molar-refractivity contribution in [1.82, 2.24) is 4.98 Å². The fourth-order valence-electron chi connectivity index (χ4n) is 2.44. The van der Waals surface area contributed by atoms with Gasteiger partial charge in [-0.3, -0.25) is 9.59 Å². The van der Waals surface area contributed by atoms with Crippen molar-refractivity contribution in [3.8, 4) is 11.3 Å². The van der Waals surface area contributed by atoms with Crippen LogP contribution in [0.3, 0.4) is 0 Å². The van der Waals surface area contributed by atoms with Crippen LogP contribution in [0.4, 0.5) is 11.4 Å². The molecule has 3 rings (SSSR count). The Balaban J connectivity index is 1.85. The number of nitrogens with zero attached hydrogens (tertiary/aromatic N) is 1. The van der Waals surface area contributed by atoms with E-state index < -0.39 is 0 Å². The van der Waals surface area contributed by atoms with Crippen LogP contribution in [-0.4, -0.2) is 16.8 Å². The summed E-state index contributed by atoms with van der Waals surface area (Å²) in [4.78, 5) is 28.9. The summed E-state index contributed by atoms with van der Waals surface area (Å²) in [6.07, 6.45) is 0. The zero-order valence-electron chi connectivity index (χ0n) is 14.2. The lowest BCUT2D eigenvalue weighted by atomic mass is 10.1. The first-order chi connectivity index (χ1) is 12.4. The second kappa shape index (κ2) is 7.68. The fourth-order valence-corrected chi connectivity index (χ4v) is 3.51. The summed E-state index contributed by atoms with van der Waals surface area (Å²) in [5.41, 5.74) is 2.59. The number of rotatable bonds is 4. The summed E-state index contributed by atoms with van der Waals surface area (Å²) >= 11 is 7.50. The van der Waals surface area contributed by atoms with Crippen LogP contribution in [0.1, 0.15) is 21.6 Å². The molecule has 0 aliphatic rings. The second-order valence-corrected chi connectivity index (χ2v) is 7.22. The van der Waals surface area contributed by atoms with E-state index in [9.17, 15) is 9.59 Å². The van der Waals surface area contributed by atoms with Crippen molar-refractivity contribution in [2.45, 2.75) is 13.8 Å². The van der Waals surface area contributed by atoms with E-state index in [0.717, 1.165) is 10.6 Å². The Labute approximate surface area is 160 Å². The van der Waals surface area contributed by atoms with E-state index in [4.69, 9.17) is 11.6 Å². The SMILES string of the molecule is CC(=O)Nc1ccc(NC(=O)c2sc(C)nc2-c2ccccc2)cc1Cl. The van der Waals surface area contributed by atoms with Gasteiger partial charge in [-0.2, -0.15) is 0 Å². The molecule has 2 amide bonds. The van der Waals surface area contributed by atoms with Crippen LogP contribution in [-0.2, 0) is 4.79 Å². The van der Waals surface area contributed by atoms with Crippen LogP contribution in [0.25, 0.3) is 11.3 Å². The van der Waals surface area contributed by atoms with Gasteiger partial charge in [0.2, 0.25) is 5.91 Å². The summed E-state index contributed by atoms with van der Waals surface area (Å²) < 4.78 is 0. The summed E-state index contributed by atoms with van der Waals surface area (Å²) in [6.45, 7) is 3.27. The maximum Gasteiger partial charge on any atom is 0.268 e. The van der Waals surface area contributed by atoms with Crippen LogP contribution >= 0.6 is 22.9 Å². The zero-order chi connectivity index (χ0) is 18.7. The molecule has 0 unspecified atom stereocenters. The average Bonchev–Trinajstić information content (AvgIpc) is 3.00. The van der Waals surface area contributed by atoms with Gasteiger partial charge in [-0.1, -0.05) is 41.9 Å². The van der Waals surface area contributed by atoms with E-state index in [0.29, 0.717) is 27.0 Å². The number of carbonyl (C=O) groups is 2. The average molecular weight is 386 g/mol. The van der Waals surface area contributed by atoms with Crippen molar-refractivity contribution in [3.63, 3.8) is 0 Å². The van der Waals surface area contributed by atoms with Gasteiger partial charge in [-0.25, -0.2) is 4.98 Å². The Morgan fingerprint density at radius 2 is 1.81 bits per heavy atom. The number of carbonyl (C=O) groups excluding carboxylic acids is 2. The number of hydrogen-bond donors (Lipinski definition) is 2.